The van der Waals surface area contributed by atoms with Crippen LogP contribution in [0.4, 0.5) is 0 Å². The van der Waals surface area contributed by atoms with Crippen molar-refractivity contribution in [2.75, 3.05) is 27.1 Å². The van der Waals surface area contributed by atoms with E-state index in [2.05, 4.69) is 0 Å². The lowest BCUT2D eigenvalue weighted by atomic mass is 10.1. The van der Waals surface area contributed by atoms with Gasteiger partial charge in [-0.05, 0) is 36.2 Å². The van der Waals surface area contributed by atoms with Crippen LogP contribution in [0.2, 0.25) is 0 Å². The number of benzene rings is 1. The molecule has 1 aliphatic carbocycles. The molecule has 1 aliphatic heterocycles. The van der Waals surface area contributed by atoms with Crippen molar-refractivity contribution < 1.29 is 23.4 Å². The van der Waals surface area contributed by atoms with Gasteiger partial charge in [-0.2, -0.15) is 0 Å². The summed E-state index contributed by atoms with van der Waals surface area (Å²) in [6.07, 6.45) is 2.50. The second kappa shape index (κ2) is 6.80. The van der Waals surface area contributed by atoms with Crippen molar-refractivity contribution in [1.82, 2.24) is 4.90 Å². The number of fused-ring (bicyclic) bond motifs is 1. The lowest BCUT2D eigenvalue weighted by Gasteiger charge is -2.23. The molecule has 2 atom stereocenters. The van der Waals surface area contributed by atoms with Gasteiger partial charge in [-0.3, -0.25) is 4.79 Å². The zero-order valence-electron chi connectivity index (χ0n) is 14.1. The molecule has 0 saturated heterocycles. The Bertz CT molecular complexity index is 742. The van der Waals surface area contributed by atoms with Crippen LogP contribution in [0.1, 0.15) is 23.7 Å². The minimum atomic E-state index is -0.00276. The third-order valence-corrected chi connectivity index (χ3v) is 4.70. The van der Waals surface area contributed by atoms with E-state index in [0.29, 0.717) is 19.7 Å². The first-order valence-corrected chi connectivity index (χ1v) is 8.46. The van der Waals surface area contributed by atoms with Gasteiger partial charge in [0.1, 0.15) is 5.76 Å². The number of amides is 1. The van der Waals surface area contributed by atoms with Crippen LogP contribution in [0.5, 0.6) is 11.5 Å². The summed E-state index contributed by atoms with van der Waals surface area (Å²) in [6, 6.07) is 9.60. The SMILES string of the molecule is COCCN(Cc1ccc2c(c1)OCO2)C(=O)C1CC1c1ccco1. The van der Waals surface area contributed by atoms with Gasteiger partial charge in [0.05, 0.1) is 12.9 Å². The summed E-state index contributed by atoms with van der Waals surface area (Å²) in [4.78, 5) is 14.8. The van der Waals surface area contributed by atoms with E-state index in [1.165, 1.54) is 0 Å². The van der Waals surface area contributed by atoms with E-state index < -0.39 is 0 Å². The molecule has 0 bridgehead atoms. The summed E-state index contributed by atoms with van der Waals surface area (Å²) >= 11 is 0. The van der Waals surface area contributed by atoms with Gasteiger partial charge in [0.15, 0.2) is 11.5 Å². The number of hydrogen-bond acceptors (Lipinski definition) is 5. The first-order valence-electron chi connectivity index (χ1n) is 8.46. The van der Waals surface area contributed by atoms with Gasteiger partial charge >= 0.3 is 0 Å². The molecular formula is C19H21NO5. The average Bonchev–Trinajstić information content (AvgIpc) is 3.03. The Balaban J connectivity index is 1.45. The van der Waals surface area contributed by atoms with Gasteiger partial charge in [-0.1, -0.05) is 6.07 Å². The van der Waals surface area contributed by atoms with Gasteiger partial charge in [-0.15, -0.1) is 0 Å². The van der Waals surface area contributed by atoms with Crippen LogP contribution in [-0.4, -0.2) is 37.9 Å². The molecule has 0 radical (unpaired) electrons. The molecule has 6 heteroatoms. The highest BCUT2D eigenvalue weighted by Gasteiger charge is 2.47. The van der Waals surface area contributed by atoms with Crippen molar-refractivity contribution in [2.45, 2.75) is 18.9 Å². The molecule has 0 N–H and O–H groups in total. The van der Waals surface area contributed by atoms with E-state index >= 15 is 0 Å². The summed E-state index contributed by atoms with van der Waals surface area (Å²) in [6.45, 7) is 1.85. The molecule has 2 aliphatic rings. The predicted molar refractivity (Wildman–Crippen MR) is 89.4 cm³/mol. The van der Waals surface area contributed by atoms with Crippen LogP contribution in [0.25, 0.3) is 0 Å². The Hall–Kier alpha value is -2.47. The molecule has 1 saturated carbocycles. The molecule has 2 heterocycles. The molecule has 1 fully saturated rings. The number of carbonyl (C=O) groups is 1. The van der Waals surface area contributed by atoms with E-state index in [4.69, 9.17) is 18.6 Å². The Morgan fingerprint density at radius 1 is 1.28 bits per heavy atom. The lowest BCUT2D eigenvalue weighted by Crippen LogP contribution is -2.34. The highest BCUT2D eigenvalue weighted by molar-refractivity contribution is 5.82. The molecule has 1 aromatic heterocycles. The Labute approximate surface area is 146 Å². The first-order chi connectivity index (χ1) is 12.3. The fraction of sp³-hybridized carbons (Fsp3) is 0.421. The maximum atomic E-state index is 12.9. The van der Waals surface area contributed by atoms with Crippen molar-refractivity contribution in [3.63, 3.8) is 0 Å². The van der Waals surface area contributed by atoms with Gasteiger partial charge in [0.25, 0.3) is 0 Å². The molecule has 6 nitrogen and oxygen atoms in total. The van der Waals surface area contributed by atoms with E-state index in [9.17, 15) is 4.79 Å². The number of rotatable bonds is 7. The summed E-state index contributed by atoms with van der Waals surface area (Å²) in [5, 5.41) is 0. The quantitative estimate of drug-likeness (QED) is 0.774. The summed E-state index contributed by atoms with van der Waals surface area (Å²) in [5.41, 5.74) is 1.02. The van der Waals surface area contributed by atoms with Crippen molar-refractivity contribution in [3.8, 4) is 11.5 Å². The number of methoxy groups -OCH3 is 1. The maximum Gasteiger partial charge on any atom is 0.231 e. The monoisotopic (exact) mass is 343 g/mol. The molecule has 25 heavy (non-hydrogen) atoms. The molecule has 0 spiro atoms. The highest BCUT2D eigenvalue weighted by atomic mass is 16.7. The van der Waals surface area contributed by atoms with Crippen LogP contribution in [0.15, 0.2) is 41.0 Å². The van der Waals surface area contributed by atoms with Crippen LogP contribution in [0.3, 0.4) is 0 Å². The van der Waals surface area contributed by atoms with Crippen molar-refractivity contribution >= 4 is 5.91 Å². The van der Waals surface area contributed by atoms with Crippen molar-refractivity contribution in [2.24, 2.45) is 5.92 Å². The van der Waals surface area contributed by atoms with Crippen molar-refractivity contribution in [3.05, 3.63) is 47.9 Å². The van der Waals surface area contributed by atoms with E-state index in [1.54, 1.807) is 13.4 Å². The van der Waals surface area contributed by atoms with E-state index in [1.807, 2.05) is 35.2 Å². The van der Waals surface area contributed by atoms with Crippen molar-refractivity contribution in [1.29, 1.82) is 0 Å². The van der Waals surface area contributed by atoms with Crippen LogP contribution in [-0.2, 0) is 16.1 Å². The van der Waals surface area contributed by atoms with Gasteiger partial charge in [-0.25, -0.2) is 0 Å². The zero-order chi connectivity index (χ0) is 17.2. The third kappa shape index (κ3) is 3.35. The minimum absolute atomic E-state index is 0.00276. The van der Waals surface area contributed by atoms with Crippen LogP contribution >= 0.6 is 0 Å². The summed E-state index contributed by atoms with van der Waals surface area (Å²) in [5.74, 6) is 2.72. The van der Waals surface area contributed by atoms with E-state index in [-0.39, 0.29) is 24.5 Å². The third-order valence-electron chi connectivity index (χ3n) is 4.70. The van der Waals surface area contributed by atoms with Gasteiger partial charge < -0.3 is 23.5 Å². The smallest absolute Gasteiger partial charge is 0.231 e. The molecule has 1 aromatic carbocycles. The molecular weight excluding hydrogens is 322 g/mol. The standard InChI is InChI=1S/C19H21NO5/c1-22-8-6-20(11-13-4-5-17-18(9-13)25-12-24-17)19(21)15-10-14(15)16-3-2-7-23-16/h2-5,7,9,14-15H,6,8,10-12H2,1H3. The van der Waals surface area contributed by atoms with E-state index in [0.717, 1.165) is 29.2 Å². The maximum absolute atomic E-state index is 12.9. The second-order valence-electron chi connectivity index (χ2n) is 6.40. The fourth-order valence-corrected chi connectivity index (χ4v) is 3.25. The molecule has 2 unspecified atom stereocenters. The Morgan fingerprint density at radius 3 is 2.96 bits per heavy atom. The minimum Gasteiger partial charge on any atom is -0.469 e. The first kappa shape index (κ1) is 16.0. The molecule has 2 aromatic rings. The normalized spacial score (nSPS) is 20.5. The Kier molecular flexibility index (Phi) is 4.36. The molecule has 1 amide bonds. The molecule has 4 rings (SSSR count). The molecule has 132 valence electrons. The largest absolute Gasteiger partial charge is 0.469 e. The summed E-state index contributed by atoms with van der Waals surface area (Å²) in [7, 11) is 1.64. The van der Waals surface area contributed by atoms with Crippen LogP contribution < -0.4 is 9.47 Å². The number of nitrogens with zero attached hydrogens (tertiary/aromatic N) is 1. The fourth-order valence-electron chi connectivity index (χ4n) is 3.25. The topological polar surface area (TPSA) is 61.1 Å². The number of furan rings is 1. The Morgan fingerprint density at radius 2 is 2.16 bits per heavy atom. The number of carbonyl (C=O) groups excluding carboxylic acids is 1. The zero-order valence-corrected chi connectivity index (χ0v) is 14.1. The number of hydrogen-bond donors (Lipinski definition) is 0. The lowest BCUT2D eigenvalue weighted by molar-refractivity contribution is -0.134. The summed E-state index contributed by atoms with van der Waals surface area (Å²) < 4.78 is 21.4. The highest BCUT2D eigenvalue weighted by Crippen LogP contribution is 2.48. The predicted octanol–water partition coefficient (Wildman–Crippen LogP) is 2.79. The number of ether oxygens (including phenoxy) is 3. The van der Waals surface area contributed by atoms with Crippen LogP contribution in [0, 0.1) is 5.92 Å². The second-order valence-corrected chi connectivity index (χ2v) is 6.40. The van der Waals surface area contributed by atoms with Gasteiger partial charge in [0, 0.05) is 32.0 Å². The average molecular weight is 343 g/mol. The van der Waals surface area contributed by atoms with Gasteiger partial charge in [0.2, 0.25) is 12.7 Å².